The summed E-state index contributed by atoms with van der Waals surface area (Å²) in [5.74, 6) is 0.408. The molecule has 0 unspecified atom stereocenters. The molecule has 1 heterocycles. The summed E-state index contributed by atoms with van der Waals surface area (Å²) in [6, 6.07) is 5.73. The summed E-state index contributed by atoms with van der Waals surface area (Å²) in [4.78, 5) is 19.6. The SMILES string of the molecule is COc1ccc(NC(=O)c2cc(C(F)F)nc(C)n2)cc1OC. The third-order valence-electron chi connectivity index (χ3n) is 2.96. The van der Waals surface area contributed by atoms with Gasteiger partial charge in [-0.3, -0.25) is 4.79 Å². The molecular weight excluding hydrogens is 308 g/mol. The van der Waals surface area contributed by atoms with Gasteiger partial charge >= 0.3 is 0 Å². The Kier molecular flexibility index (Phi) is 5.05. The number of rotatable bonds is 5. The average molecular weight is 323 g/mol. The number of aromatic nitrogens is 2. The van der Waals surface area contributed by atoms with Gasteiger partial charge in [0.25, 0.3) is 12.3 Å². The van der Waals surface area contributed by atoms with Gasteiger partial charge in [-0.05, 0) is 25.1 Å². The molecule has 1 aromatic heterocycles. The Bertz CT molecular complexity index is 723. The van der Waals surface area contributed by atoms with Crippen molar-refractivity contribution >= 4 is 11.6 Å². The second-order valence-corrected chi connectivity index (χ2v) is 4.55. The standard InChI is InChI=1S/C15H15F2N3O3/c1-8-18-10(14(16)17)7-11(19-8)15(21)20-9-4-5-12(22-2)13(6-9)23-3/h4-7,14H,1-3H3,(H,20,21). The number of nitrogens with zero attached hydrogens (tertiary/aromatic N) is 2. The molecule has 122 valence electrons. The molecule has 0 atom stereocenters. The van der Waals surface area contributed by atoms with Crippen LogP contribution in [-0.4, -0.2) is 30.1 Å². The maximum atomic E-state index is 12.7. The van der Waals surface area contributed by atoms with Crippen LogP contribution in [-0.2, 0) is 0 Å². The van der Waals surface area contributed by atoms with E-state index in [0.29, 0.717) is 17.2 Å². The maximum absolute atomic E-state index is 12.7. The van der Waals surface area contributed by atoms with Gasteiger partial charge in [0.15, 0.2) is 11.5 Å². The van der Waals surface area contributed by atoms with Crippen LogP contribution in [0.5, 0.6) is 11.5 Å². The van der Waals surface area contributed by atoms with Gasteiger partial charge in [-0.1, -0.05) is 0 Å². The highest BCUT2D eigenvalue weighted by atomic mass is 19.3. The molecule has 0 fully saturated rings. The summed E-state index contributed by atoms with van der Waals surface area (Å²) in [7, 11) is 2.96. The zero-order valence-corrected chi connectivity index (χ0v) is 12.8. The molecule has 2 rings (SSSR count). The van der Waals surface area contributed by atoms with Gasteiger partial charge in [-0.2, -0.15) is 0 Å². The number of benzene rings is 1. The first-order chi connectivity index (χ1) is 10.9. The van der Waals surface area contributed by atoms with Gasteiger partial charge < -0.3 is 14.8 Å². The average Bonchev–Trinajstić information content (AvgIpc) is 2.53. The van der Waals surface area contributed by atoms with Crippen LogP contribution in [0.25, 0.3) is 0 Å². The number of halogens is 2. The number of alkyl halides is 2. The number of carbonyl (C=O) groups excluding carboxylic acids is 1. The van der Waals surface area contributed by atoms with E-state index in [1.165, 1.54) is 21.1 Å². The Balaban J connectivity index is 2.25. The summed E-state index contributed by atoms with van der Waals surface area (Å²) in [5, 5.41) is 2.57. The number of carbonyl (C=O) groups is 1. The van der Waals surface area contributed by atoms with Crippen molar-refractivity contribution in [2.24, 2.45) is 0 Å². The van der Waals surface area contributed by atoms with Crippen molar-refractivity contribution in [3.8, 4) is 11.5 Å². The van der Waals surface area contributed by atoms with E-state index in [9.17, 15) is 13.6 Å². The Labute approximate surface area is 131 Å². The predicted molar refractivity (Wildman–Crippen MR) is 79.2 cm³/mol. The van der Waals surface area contributed by atoms with Gasteiger partial charge in [0, 0.05) is 11.8 Å². The number of hydrogen-bond donors (Lipinski definition) is 1. The van der Waals surface area contributed by atoms with Crippen LogP contribution in [0.15, 0.2) is 24.3 Å². The molecule has 0 saturated carbocycles. The maximum Gasteiger partial charge on any atom is 0.280 e. The Morgan fingerprint density at radius 1 is 1.13 bits per heavy atom. The molecular formula is C15H15F2N3O3. The molecule has 0 bridgehead atoms. The molecule has 1 aromatic carbocycles. The van der Waals surface area contributed by atoms with Crippen LogP contribution >= 0.6 is 0 Å². The summed E-state index contributed by atoms with van der Waals surface area (Å²) in [5.41, 5.74) is -0.208. The van der Waals surface area contributed by atoms with E-state index >= 15 is 0 Å². The minimum absolute atomic E-state index is 0.0975. The van der Waals surface area contributed by atoms with Crippen molar-refractivity contribution < 1.29 is 23.0 Å². The van der Waals surface area contributed by atoms with Crippen molar-refractivity contribution in [1.82, 2.24) is 9.97 Å². The summed E-state index contributed by atoms with van der Waals surface area (Å²) >= 11 is 0. The first-order valence-corrected chi connectivity index (χ1v) is 6.61. The molecule has 8 heteroatoms. The highest BCUT2D eigenvalue weighted by Crippen LogP contribution is 2.30. The fourth-order valence-electron chi connectivity index (χ4n) is 1.93. The quantitative estimate of drug-likeness (QED) is 0.915. The van der Waals surface area contributed by atoms with Gasteiger partial charge in [-0.25, -0.2) is 18.7 Å². The monoisotopic (exact) mass is 323 g/mol. The second-order valence-electron chi connectivity index (χ2n) is 4.55. The van der Waals surface area contributed by atoms with Crippen molar-refractivity contribution in [3.05, 3.63) is 41.5 Å². The Morgan fingerprint density at radius 3 is 2.43 bits per heavy atom. The molecule has 0 radical (unpaired) electrons. The molecule has 2 aromatic rings. The van der Waals surface area contributed by atoms with Crippen LogP contribution in [0.2, 0.25) is 0 Å². The van der Waals surface area contributed by atoms with Crippen molar-refractivity contribution in [2.45, 2.75) is 13.3 Å². The zero-order chi connectivity index (χ0) is 17.0. The molecule has 0 saturated heterocycles. The lowest BCUT2D eigenvalue weighted by molar-refractivity contribution is 0.102. The topological polar surface area (TPSA) is 73.3 Å². The van der Waals surface area contributed by atoms with Crippen LogP contribution in [0.1, 0.15) is 28.4 Å². The van der Waals surface area contributed by atoms with Crippen LogP contribution < -0.4 is 14.8 Å². The highest BCUT2D eigenvalue weighted by molar-refractivity contribution is 6.03. The lowest BCUT2D eigenvalue weighted by Crippen LogP contribution is -2.15. The number of anilines is 1. The largest absolute Gasteiger partial charge is 0.493 e. The van der Waals surface area contributed by atoms with Gasteiger partial charge in [0.05, 0.1) is 14.2 Å². The number of hydrogen-bond acceptors (Lipinski definition) is 5. The smallest absolute Gasteiger partial charge is 0.280 e. The molecule has 1 N–H and O–H groups in total. The van der Waals surface area contributed by atoms with E-state index in [1.54, 1.807) is 18.2 Å². The third-order valence-corrected chi connectivity index (χ3v) is 2.96. The van der Waals surface area contributed by atoms with E-state index in [1.807, 2.05) is 0 Å². The molecule has 23 heavy (non-hydrogen) atoms. The van der Waals surface area contributed by atoms with Crippen molar-refractivity contribution in [3.63, 3.8) is 0 Å². The highest BCUT2D eigenvalue weighted by Gasteiger charge is 2.16. The molecule has 0 aliphatic heterocycles. The van der Waals surface area contributed by atoms with Crippen molar-refractivity contribution in [2.75, 3.05) is 19.5 Å². The van der Waals surface area contributed by atoms with Crippen LogP contribution in [0.4, 0.5) is 14.5 Å². The minimum atomic E-state index is -2.77. The lowest BCUT2D eigenvalue weighted by atomic mass is 10.2. The van der Waals surface area contributed by atoms with Crippen LogP contribution in [0, 0.1) is 6.92 Å². The van der Waals surface area contributed by atoms with Gasteiger partial charge in [0.2, 0.25) is 0 Å². The summed E-state index contributed by atoms with van der Waals surface area (Å²) in [6.45, 7) is 1.44. The zero-order valence-electron chi connectivity index (χ0n) is 12.8. The Hall–Kier alpha value is -2.77. The third kappa shape index (κ3) is 3.91. The predicted octanol–water partition coefficient (Wildman–Crippen LogP) is 2.99. The fourth-order valence-corrected chi connectivity index (χ4v) is 1.93. The fraction of sp³-hybridized carbons (Fsp3) is 0.267. The number of nitrogens with one attached hydrogen (secondary N) is 1. The lowest BCUT2D eigenvalue weighted by Gasteiger charge is -2.11. The Morgan fingerprint density at radius 2 is 1.83 bits per heavy atom. The van der Waals surface area contributed by atoms with E-state index < -0.39 is 18.0 Å². The first-order valence-electron chi connectivity index (χ1n) is 6.61. The van der Waals surface area contributed by atoms with Gasteiger partial charge in [0.1, 0.15) is 17.2 Å². The number of amides is 1. The minimum Gasteiger partial charge on any atom is -0.493 e. The normalized spacial score (nSPS) is 10.5. The first kappa shape index (κ1) is 16.6. The molecule has 0 spiro atoms. The number of aryl methyl sites for hydroxylation is 1. The summed E-state index contributed by atoms with van der Waals surface area (Å²) in [6.07, 6.45) is -2.77. The molecule has 0 aliphatic rings. The second kappa shape index (κ2) is 6.99. The number of ether oxygens (including phenoxy) is 2. The molecule has 6 nitrogen and oxygen atoms in total. The van der Waals surface area contributed by atoms with E-state index in [-0.39, 0.29) is 11.5 Å². The van der Waals surface area contributed by atoms with E-state index in [0.717, 1.165) is 6.07 Å². The van der Waals surface area contributed by atoms with E-state index in [4.69, 9.17) is 9.47 Å². The summed E-state index contributed by atoms with van der Waals surface area (Å²) < 4.78 is 35.7. The van der Waals surface area contributed by atoms with E-state index in [2.05, 4.69) is 15.3 Å². The van der Waals surface area contributed by atoms with Gasteiger partial charge in [-0.15, -0.1) is 0 Å². The number of methoxy groups -OCH3 is 2. The van der Waals surface area contributed by atoms with Crippen molar-refractivity contribution in [1.29, 1.82) is 0 Å². The molecule has 1 amide bonds. The van der Waals surface area contributed by atoms with Crippen LogP contribution in [0.3, 0.4) is 0 Å². The molecule has 0 aliphatic carbocycles.